The van der Waals surface area contributed by atoms with Crippen molar-refractivity contribution in [3.8, 4) is 11.5 Å². The molecule has 0 heterocycles. The van der Waals surface area contributed by atoms with Gasteiger partial charge in [-0.3, -0.25) is 4.79 Å². The number of hydrogen-bond acceptors (Lipinski definition) is 5. The maximum absolute atomic E-state index is 12.3. The van der Waals surface area contributed by atoms with Gasteiger partial charge in [0.25, 0.3) is 5.91 Å². The average molecular weight is 453 g/mol. The predicted molar refractivity (Wildman–Crippen MR) is 132 cm³/mol. The van der Waals surface area contributed by atoms with E-state index in [1.165, 1.54) is 6.21 Å². The molecule has 0 radical (unpaired) electrons. The third-order valence-corrected chi connectivity index (χ3v) is 5.17. The molecular formula is C28H24N2O4. The molecule has 1 unspecified atom stereocenters. The summed E-state index contributed by atoms with van der Waals surface area (Å²) in [5, 5.41) is 6.13. The van der Waals surface area contributed by atoms with Crippen LogP contribution in [0.3, 0.4) is 0 Å². The first-order valence-electron chi connectivity index (χ1n) is 10.9. The monoisotopic (exact) mass is 452 g/mol. The van der Waals surface area contributed by atoms with E-state index >= 15 is 0 Å². The Morgan fingerprint density at radius 2 is 1.53 bits per heavy atom. The molecule has 0 aliphatic heterocycles. The number of carbonyl (C=O) groups is 2. The molecule has 0 saturated heterocycles. The van der Waals surface area contributed by atoms with Crippen molar-refractivity contribution in [2.75, 3.05) is 0 Å². The van der Waals surface area contributed by atoms with Crippen LogP contribution in [0.5, 0.6) is 11.5 Å². The number of esters is 1. The number of hydrazone groups is 1. The van der Waals surface area contributed by atoms with Gasteiger partial charge < -0.3 is 9.47 Å². The fourth-order valence-electron chi connectivity index (χ4n) is 3.24. The number of benzene rings is 4. The van der Waals surface area contributed by atoms with Gasteiger partial charge in [-0.1, -0.05) is 48.0 Å². The zero-order valence-electron chi connectivity index (χ0n) is 18.9. The van der Waals surface area contributed by atoms with Crippen LogP contribution in [-0.2, 0) is 4.79 Å². The highest BCUT2D eigenvalue weighted by Crippen LogP contribution is 2.21. The average Bonchev–Trinajstić information content (AvgIpc) is 2.85. The SMILES string of the molecule is Cc1ccc(C(=O)Oc2ccc(/C=N/NC(=O)C(C)Oc3ccc4ccccc4c3)cc2)cc1. The number of carbonyl (C=O) groups excluding carboxylic acids is 2. The molecule has 0 aliphatic rings. The van der Waals surface area contributed by atoms with Crippen molar-refractivity contribution in [3.05, 3.63) is 108 Å². The summed E-state index contributed by atoms with van der Waals surface area (Å²) in [5.74, 6) is 0.243. The quantitative estimate of drug-likeness (QED) is 0.179. The topological polar surface area (TPSA) is 77.0 Å². The van der Waals surface area contributed by atoms with Gasteiger partial charge in [0.1, 0.15) is 11.5 Å². The van der Waals surface area contributed by atoms with Crippen LogP contribution in [0.15, 0.2) is 96.1 Å². The highest BCUT2D eigenvalue weighted by Gasteiger charge is 2.14. The third-order valence-electron chi connectivity index (χ3n) is 5.17. The van der Waals surface area contributed by atoms with Gasteiger partial charge in [-0.25, -0.2) is 10.2 Å². The van der Waals surface area contributed by atoms with Gasteiger partial charge >= 0.3 is 5.97 Å². The normalized spacial score (nSPS) is 11.8. The summed E-state index contributed by atoms with van der Waals surface area (Å²) in [7, 11) is 0. The first kappa shape index (κ1) is 22.7. The van der Waals surface area contributed by atoms with Gasteiger partial charge in [0.2, 0.25) is 0 Å². The highest BCUT2D eigenvalue weighted by atomic mass is 16.5. The lowest BCUT2D eigenvalue weighted by molar-refractivity contribution is -0.127. The fourth-order valence-corrected chi connectivity index (χ4v) is 3.24. The molecule has 4 rings (SSSR count). The summed E-state index contributed by atoms with van der Waals surface area (Å²) in [6.45, 7) is 3.62. The molecule has 1 N–H and O–H groups in total. The van der Waals surface area contributed by atoms with E-state index in [0.717, 1.165) is 21.9 Å². The summed E-state index contributed by atoms with van der Waals surface area (Å²) < 4.78 is 11.1. The Bertz CT molecular complexity index is 1330. The molecule has 6 heteroatoms. The van der Waals surface area contributed by atoms with E-state index < -0.39 is 12.1 Å². The molecule has 0 aliphatic carbocycles. The van der Waals surface area contributed by atoms with Gasteiger partial charge in [-0.05, 0) is 78.7 Å². The van der Waals surface area contributed by atoms with Crippen LogP contribution in [0, 0.1) is 6.92 Å². The van der Waals surface area contributed by atoms with Gasteiger partial charge in [0, 0.05) is 0 Å². The second-order valence-corrected chi connectivity index (χ2v) is 7.83. The van der Waals surface area contributed by atoms with Crippen molar-refractivity contribution < 1.29 is 19.1 Å². The number of hydrogen-bond donors (Lipinski definition) is 1. The Kier molecular flexibility index (Phi) is 6.98. The molecule has 4 aromatic carbocycles. The van der Waals surface area contributed by atoms with Crippen molar-refractivity contribution in [1.29, 1.82) is 0 Å². The predicted octanol–water partition coefficient (Wildman–Crippen LogP) is 5.29. The van der Waals surface area contributed by atoms with Crippen molar-refractivity contribution in [2.24, 2.45) is 5.10 Å². The Hall–Kier alpha value is -4.45. The Morgan fingerprint density at radius 1 is 0.853 bits per heavy atom. The van der Waals surface area contributed by atoms with E-state index in [9.17, 15) is 9.59 Å². The zero-order chi connectivity index (χ0) is 23.9. The number of rotatable bonds is 7. The number of ether oxygens (including phenoxy) is 2. The van der Waals surface area contributed by atoms with Crippen molar-refractivity contribution in [3.63, 3.8) is 0 Å². The Morgan fingerprint density at radius 3 is 2.26 bits per heavy atom. The smallest absolute Gasteiger partial charge is 0.343 e. The van der Waals surface area contributed by atoms with E-state index in [-0.39, 0.29) is 5.91 Å². The maximum atomic E-state index is 12.3. The summed E-state index contributed by atoms with van der Waals surface area (Å²) >= 11 is 0. The Balaban J connectivity index is 1.28. The standard InChI is InChI=1S/C28H24N2O4/c1-19-7-11-23(12-8-19)28(32)34-25-14-9-21(10-15-25)18-29-30-27(31)20(2)33-26-16-13-22-5-3-4-6-24(22)17-26/h3-18,20H,1-2H3,(H,30,31)/b29-18+. The molecule has 0 spiro atoms. The van der Waals surface area contributed by atoms with Crippen LogP contribution in [-0.4, -0.2) is 24.2 Å². The number of fused-ring (bicyclic) bond motifs is 1. The van der Waals surface area contributed by atoms with Crippen LogP contribution in [0.25, 0.3) is 10.8 Å². The zero-order valence-corrected chi connectivity index (χ0v) is 18.9. The molecule has 1 amide bonds. The van der Waals surface area contributed by atoms with Crippen LogP contribution >= 0.6 is 0 Å². The molecule has 0 saturated carbocycles. The number of nitrogens with zero attached hydrogens (tertiary/aromatic N) is 1. The largest absolute Gasteiger partial charge is 0.481 e. The summed E-state index contributed by atoms with van der Waals surface area (Å²) in [6, 6.07) is 27.6. The first-order valence-corrected chi connectivity index (χ1v) is 10.9. The van der Waals surface area contributed by atoms with Crippen molar-refractivity contribution >= 4 is 28.9 Å². The number of nitrogens with one attached hydrogen (secondary N) is 1. The second-order valence-electron chi connectivity index (χ2n) is 7.83. The van der Waals surface area contributed by atoms with Crippen LogP contribution in [0.4, 0.5) is 0 Å². The minimum absolute atomic E-state index is 0.368. The molecule has 1 atom stereocenters. The van der Waals surface area contributed by atoms with E-state index in [4.69, 9.17) is 9.47 Å². The lowest BCUT2D eigenvalue weighted by Crippen LogP contribution is -2.33. The van der Waals surface area contributed by atoms with Crippen LogP contribution < -0.4 is 14.9 Å². The first-order chi connectivity index (χ1) is 16.5. The Labute approximate surface area is 197 Å². The van der Waals surface area contributed by atoms with Crippen LogP contribution in [0.1, 0.15) is 28.4 Å². The summed E-state index contributed by atoms with van der Waals surface area (Å²) in [6.07, 6.45) is 0.786. The van der Waals surface area contributed by atoms with E-state index in [0.29, 0.717) is 17.1 Å². The van der Waals surface area contributed by atoms with Gasteiger partial charge in [0.05, 0.1) is 11.8 Å². The lowest BCUT2D eigenvalue weighted by atomic mass is 10.1. The maximum Gasteiger partial charge on any atom is 0.343 e. The van der Waals surface area contributed by atoms with Crippen molar-refractivity contribution in [1.82, 2.24) is 5.43 Å². The molecule has 34 heavy (non-hydrogen) atoms. The molecule has 170 valence electrons. The molecule has 4 aromatic rings. The molecule has 0 bridgehead atoms. The fraction of sp³-hybridized carbons (Fsp3) is 0.107. The third kappa shape index (κ3) is 5.86. The van der Waals surface area contributed by atoms with Crippen LogP contribution in [0.2, 0.25) is 0 Å². The molecule has 6 nitrogen and oxygen atoms in total. The minimum atomic E-state index is -0.720. The van der Waals surface area contributed by atoms with Gasteiger partial charge in [-0.2, -0.15) is 5.10 Å². The molecule has 0 fully saturated rings. The van der Waals surface area contributed by atoms with Gasteiger partial charge in [0.15, 0.2) is 6.10 Å². The lowest BCUT2D eigenvalue weighted by Gasteiger charge is -2.13. The minimum Gasteiger partial charge on any atom is -0.481 e. The second kappa shape index (κ2) is 10.4. The molecule has 0 aromatic heterocycles. The number of aryl methyl sites for hydroxylation is 1. The van der Waals surface area contributed by atoms with Crippen molar-refractivity contribution in [2.45, 2.75) is 20.0 Å². The molecular weight excluding hydrogens is 428 g/mol. The van der Waals surface area contributed by atoms with E-state index in [1.807, 2.05) is 61.5 Å². The van der Waals surface area contributed by atoms with Gasteiger partial charge in [-0.15, -0.1) is 0 Å². The van der Waals surface area contributed by atoms with E-state index in [2.05, 4.69) is 10.5 Å². The summed E-state index contributed by atoms with van der Waals surface area (Å²) in [4.78, 5) is 24.5. The van der Waals surface area contributed by atoms with E-state index in [1.54, 1.807) is 43.3 Å². The number of amides is 1. The highest BCUT2D eigenvalue weighted by molar-refractivity contribution is 5.91. The summed E-state index contributed by atoms with van der Waals surface area (Å²) in [5.41, 5.74) is 4.77.